The number of urea groups is 1. The molecule has 0 bridgehead atoms. The van der Waals surface area contributed by atoms with Gasteiger partial charge in [0.2, 0.25) is 0 Å². The molecular weight excluding hydrogens is 298 g/mol. The van der Waals surface area contributed by atoms with Gasteiger partial charge < -0.3 is 11.1 Å². The largest absolute Gasteiger partial charge is 0.389 e. The molecule has 2 amide bonds. The lowest BCUT2D eigenvalue weighted by Gasteiger charge is -2.08. The standard InChI is InChI=1S/C12H12ClN5OS/c1-6-2-3-7(4-9(6)13)16-12(19)17-11-8(10(14)20)5-15-18-11/h2-5H,1H3,(H2,14,20)(H3,15,16,17,18,19). The van der Waals surface area contributed by atoms with Gasteiger partial charge in [0.05, 0.1) is 11.8 Å². The van der Waals surface area contributed by atoms with E-state index in [1.807, 2.05) is 13.0 Å². The summed E-state index contributed by atoms with van der Waals surface area (Å²) in [6.07, 6.45) is 1.45. The van der Waals surface area contributed by atoms with Gasteiger partial charge in [0.15, 0.2) is 0 Å². The number of anilines is 2. The van der Waals surface area contributed by atoms with Crippen LogP contribution in [0.1, 0.15) is 11.1 Å². The lowest BCUT2D eigenvalue weighted by Crippen LogP contribution is -2.22. The topological polar surface area (TPSA) is 95.8 Å². The maximum atomic E-state index is 11.9. The number of hydrogen-bond donors (Lipinski definition) is 4. The molecule has 6 nitrogen and oxygen atoms in total. The van der Waals surface area contributed by atoms with Crippen LogP contribution in [0.5, 0.6) is 0 Å². The van der Waals surface area contributed by atoms with E-state index in [4.69, 9.17) is 29.6 Å². The van der Waals surface area contributed by atoms with Crippen molar-refractivity contribution >= 4 is 46.3 Å². The fourth-order valence-corrected chi connectivity index (χ4v) is 1.85. The average molecular weight is 310 g/mol. The first-order chi connectivity index (χ1) is 9.47. The highest BCUT2D eigenvalue weighted by atomic mass is 35.5. The van der Waals surface area contributed by atoms with E-state index >= 15 is 0 Å². The highest BCUT2D eigenvalue weighted by molar-refractivity contribution is 7.80. The van der Waals surface area contributed by atoms with Crippen LogP contribution in [0.3, 0.4) is 0 Å². The number of aromatic nitrogens is 2. The summed E-state index contributed by atoms with van der Waals surface area (Å²) in [5, 5.41) is 12.2. The molecule has 2 rings (SSSR count). The van der Waals surface area contributed by atoms with Crippen LogP contribution >= 0.6 is 23.8 Å². The molecule has 0 aliphatic rings. The molecule has 8 heteroatoms. The summed E-state index contributed by atoms with van der Waals surface area (Å²) in [6, 6.07) is 4.78. The molecule has 5 N–H and O–H groups in total. The van der Waals surface area contributed by atoms with Crippen molar-refractivity contribution in [3.05, 3.63) is 40.5 Å². The average Bonchev–Trinajstić information content (AvgIpc) is 2.82. The maximum absolute atomic E-state index is 11.9. The molecule has 1 heterocycles. The number of H-pyrrole nitrogens is 1. The number of benzene rings is 1. The number of nitrogens with two attached hydrogens (primary N) is 1. The third-order valence-corrected chi connectivity index (χ3v) is 3.20. The fraction of sp³-hybridized carbons (Fsp3) is 0.0833. The normalized spacial score (nSPS) is 10.1. The number of halogens is 1. The van der Waals surface area contributed by atoms with Crippen molar-refractivity contribution in [3.8, 4) is 0 Å². The molecule has 0 aliphatic carbocycles. The minimum absolute atomic E-state index is 0.146. The Morgan fingerprint density at radius 1 is 1.45 bits per heavy atom. The number of thiocarbonyl (C=S) groups is 1. The molecule has 1 aromatic carbocycles. The number of nitrogens with zero attached hydrogens (tertiary/aromatic N) is 1. The van der Waals surface area contributed by atoms with Gasteiger partial charge in [0.1, 0.15) is 10.8 Å². The summed E-state index contributed by atoms with van der Waals surface area (Å²) in [5.41, 5.74) is 7.49. The number of aromatic amines is 1. The van der Waals surface area contributed by atoms with Gasteiger partial charge in [0, 0.05) is 10.7 Å². The number of carbonyl (C=O) groups excluding carboxylic acids is 1. The zero-order valence-electron chi connectivity index (χ0n) is 10.5. The third kappa shape index (κ3) is 3.25. The van der Waals surface area contributed by atoms with E-state index in [-0.39, 0.29) is 4.99 Å². The van der Waals surface area contributed by atoms with Crippen molar-refractivity contribution in [3.63, 3.8) is 0 Å². The molecule has 0 unspecified atom stereocenters. The fourth-order valence-electron chi connectivity index (χ4n) is 1.51. The predicted octanol–water partition coefficient (Wildman–Crippen LogP) is 2.65. The second kappa shape index (κ2) is 5.89. The molecule has 0 saturated heterocycles. The second-order valence-electron chi connectivity index (χ2n) is 4.07. The van der Waals surface area contributed by atoms with Gasteiger partial charge >= 0.3 is 6.03 Å². The first kappa shape index (κ1) is 14.3. The van der Waals surface area contributed by atoms with Gasteiger partial charge in [-0.25, -0.2) is 4.79 Å². The van der Waals surface area contributed by atoms with Crippen LogP contribution in [0.4, 0.5) is 16.3 Å². The Bertz CT molecular complexity index is 670. The molecule has 0 aliphatic heterocycles. The number of nitrogens with one attached hydrogen (secondary N) is 3. The van der Waals surface area contributed by atoms with Gasteiger partial charge in [-0.05, 0) is 24.6 Å². The third-order valence-electron chi connectivity index (χ3n) is 2.57. The minimum atomic E-state index is -0.452. The molecule has 0 saturated carbocycles. The molecule has 1 aromatic heterocycles. The van der Waals surface area contributed by atoms with E-state index in [1.54, 1.807) is 12.1 Å². The highest BCUT2D eigenvalue weighted by Gasteiger charge is 2.11. The van der Waals surface area contributed by atoms with E-state index in [0.717, 1.165) is 5.56 Å². The van der Waals surface area contributed by atoms with Crippen LogP contribution in [0.15, 0.2) is 24.4 Å². The van der Waals surface area contributed by atoms with E-state index in [2.05, 4.69) is 20.8 Å². The van der Waals surface area contributed by atoms with Crippen molar-refractivity contribution in [1.82, 2.24) is 10.2 Å². The number of aryl methyl sites for hydroxylation is 1. The molecule has 2 aromatic rings. The minimum Gasteiger partial charge on any atom is -0.389 e. The Morgan fingerprint density at radius 2 is 2.20 bits per heavy atom. The Balaban J connectivity index is 2.07. The smallest absolute Gasteiger partial charge is 0.324 e. The quantitative estimate of drug-likeness (QED) is 0.655. The molecule has 0 spiro atoms. The Hall–Kier alpha value is -2.12. The zero-order valence-corrected chi connectivity index (χ0v) is 12.1. The molecule has 20 heavy (non-hydrogen) atoms. The van der Waals surface area contributed by atoms with Gasteiger partial charge in [-0.2, -0.15) is 5.10 Å². The Kier molecular flexibility index (Phi) is 4.21. The Labute approximate surface area is 125 Å². The van der Waals surface area contributed by atoms with Gasteiger partial charge in [-0.1, -0.05) is 29.9 Å². The molecule has 104 valence electrons. The number of hydrogen-bond acceptors (Lipinski definition) is 3. The van der Waals surface area contributed by atoms with Gasteiger partial charge in [0.25, 0.3) is 0 Å². The van der Waals surface area contributed by atoms with Crippen molar-refractivity contribution in [2.75, 3.05) is 10.6 Å². The molecule has 0 radical (unpaired) electrons. The summed E-state index contributed by atoms with van der Waals surface area (Å²) in [6.45, 7) is 1.88. The van der Waals surface area contributed by atoms with Crippen molar-refractivity contribution < 1.29 is 4.79 Å². The second-order valence-corrected chi connectivity index (χ2v) is 4.91. The summed E-state index contributed by atoms with van der Waals surface area (Å²) < 4.78 is 0. The molecule has 0 fully saturated rings. The van der Waals surface area contributed by atoms with Gasteiger partial charge in [-0.3, -0.25) is 10.4 Å². The van der Waals surface area contributed by atoms with Crippen LogP contribution in [0.25, 0.3) is 0 Å². The van der Waals surface area contributed by atoms with E-state index in [9.17, 15) is 4.79 Å². The van der Waals surface area contributed by atoms with Crippen molar-refractivity contribution in [2.45, 2.75) is 6.92 Å². The van der Waals surface area contributed by atoms with Crippen LogP contribution in [0.2, 0.25) is 5.02 Å². The number of amides is 2. The Morgan fingerprint density at radius 3 is 2.85 bits per heavy atom. The predicted molar refractivity (Wildman–Crippen MR) is 83.3 cm³/mol. The summed E-state index contributed by atoms with van der Waals surface area (Å²) in [7, 11) is 0. The highest BCUT2D eigenvalue weighted by Crippen LogP contribution is 2.20. The number of carbonyl (C=O) groups is 1. The lowest BCUT2D eigenvalue weighted by atomic mass is 10.2. The SMILES string of the molecule is Cc1ccc(NC(=O)Nc2[nH]ncc2C(N)=S)cc1Cl. The zero-order chi connectivity index (χ0) is 14.7. The summed E-state index contributed by atoms with van der Waals surface area (Å²) >= 11 is 10.8. The first-order valence-corrected chi connectivity index (χ1v) is 6.43. The van der Waals surface area contributed by atoms with Crippen LogP contribution < -0.4 is 16.4 Å². The van der Waals surface area contributed by atoms with E-state index in [0.29, 0.717) is 22.1 Å². The van der Waals surface area contributed by atoms with Crippen LogP contribution in [-0.4, -0.2) is 21.2 Å². The van der Waals surface area contributed by atoms with Gasteiger partial charge in [-0.15, -0.1) is 0 Å². The maximum Gasteiger partial charge on any atom is 0.324 e. The first-order valence-electron chi connectivity index (χ1n) is 5.64. The number of rotatable bonds is 3. The molecular formula is C12H12ClN5OS. The van der Waals surface area contributed by atoms with E-state index < -0.39 is 6.03 Å². The summed E-state index contributed by atoms with van der Waals surface area (Å²) in [4.78, 5) is 12.0. The van der Waals surface area contributed by atoms with Crippen LogP contribution in [0, 0.1) is 6.92 Å². The van der Waals surface area contributed by atoms with Crippen molar-refractivity contribution in [2.24, 2.45) is 5.73 Å². The molecule has 0 atom stereocenters. The summed E-state index contributed by atoms with van der Waals surface area (Å²) in [5.74, 6) is 0.341. The lowest BCUT2D eigenvalue weighted by molar-refractivity contribution is 0.262. The van der Waals surface area contributed by atoms with Crippen LogP contribution in [-0.2, 0) is 0 Å². The van der Waals surface area contributed by atoms with E-state index in [1.165, 1.54) is 6.20 Å². The monoisotopic (exact) mass is 309 g/mol. The van der Waals surface area contributed by atoms with Crippen molar-refractivity contribution in [1.29, 1.82) is 0 Å².